The first-order chi connectivity index (χ1) is 52.3. The number of amides is 4. The van der Waals surface area contributed by atoms with Crippen molar-refractivity contribution in [2.75, 3.05) is 141 Å². The molecule has 4 aliphatic rings. The van der Waals surface area contributed by atoms with Gasteiger partial charge in [-0.1, -0.05) is 112 Å². The molecule has 5 aromatic carbocycles. The minimum atomic E-state index is -6.09. The molecule has 1 aromatic heterocycles. The number of thioether (sulfide) groups is 1. The Morgan fingerprint density at radius 3 is 2.15 bits per heavy atom. The number of aryl methyl sites for hydroxylation is 1. The van der Waals surface area contributed by atoms with Gasteiger partial charge in [0, 0.05) is 106 Å². The number of hydrogen-bond donors (Lipinski definition) is 6. The number of aliphatic hydroxyl groups excluding tert-OH is 1. The number of thiazole rings is 1. The highest BCUT2D eigenvalue weighted by Gasteiger charge is 2.49. The predicted molar refractivity (Wildman–Crippen MR) is 424 cm³/mol. The largest absolute Gasteiger partial charge is 0.501 e. The van der Waals surface area contributed by atoms with Crippen LogP contribution < -0.4 is 30.9 Å². The van der Waals surface area contributed by atoms with E-state index in [-0.39, 0.29) is 61.2 Å². The van der Waals surface area contributed by atoms with Crippen LogP contribution in [-0.2, 0) is 53.2 Å². The first kappa shape index (κ1) is 85.4. The van der Waals surface area contributed by atoms with Gasteiger partial charge in [0.25, 0.3) is 9.84 Å². The molecule has 3 fully saturated rings. The second-order valence-electron chi connectivity index (χ2n) is 30.1. The van der Waals surface area contributed by atoms with Gasteiger partial charge in [-0.2, -0.15) is 17.9 Å². The zero-order chi connectivity index (χ0) is 79.0. The molecular formula is C79H103ClF3N11O12S4. The number of halogens is 4. The number of anilines is 2. The zero-order valence-electron chi connectivity index (χ0n) is 63.5. The number of carbonyl (C=O) groups is 4. The van der Waals surface area contributed by atoms with Crippen LogP contribution in [0, 0.1) is 17.8 Å². The van der Waals surface area contributed by atoms with Gasteiger partial charge in [0.05, 0.1) is 59.1 Å². The third-order valence-electron chi connectivity index (χ3n) is 20.5. The van der Waals surface area contributed by atoms with Crippen molar-refractivity contribution in [2.24, 2.45) is 10.8 Å². The number of piperazine rings is 1. The molecule has 4 amide bonds. The van der Waals surface area contributed by atoms with Crippen molar-refractivity contribution < 1.29 is 68.5 Å². The van der Waals surface area contributed by atoms with E-state index in [1.54, 1.807) is 40.5 Å². The van der Waals surface area contributed by atoms with Crippen molar-refractivity contribution in [1.29, 1.82) is 0 Å². The minimum absolute atomic E-state index is 0.0303. The van der Waals surface area contributed by atoms with Crippen LogP contribution in [0.3, 0.4) is 0 Å². The smallest absolute Gasteiger partial charge is 0.380 e. The molecule has 3 saturated heterocycles. The maximum atomic E-state index is 14.4. The number of aromatic nitrogens is 1. The highest BCUT2D eigenvalue weighted by Crippen LogP contribution is 2.44. The van der Waals surface area contributed by atoms with Gasteiger partial charge in [0.15, 0.2) is 0 Å². The van der Waals surface area contributed by atoms with Crippen molar-refractivity contribution in [2.45, 2.75) is 131 Å². The number of hydrogen-bond acceptors (Lipinski definition) is 20. The summed E-state index contributed by atoms with van der Waals surface area (Å²) < 4.78 is 116. The topological polar surface area (TPSA) is 274 Å². The number of likely N-dealkylation sites (N-methyl/N-ethyl adjacent to an activating group) is 1. The number of nitrogens with one attached hydrogen (secondary N) is 5. The number of allylic oxidation sites excluding steroid dienone is 1. The molecule has 3 unspecified atom stereocenters. The number of sulfone groups is 1. The van der Waals surface area contributed by atoms with Gasteiger partial charge in [0.2, 0.25) is 33.7 Å². The Morgan fingerprint density at radius 1 is 0.827 bits per heavy atom. The maximum absolute atomic E-state index is 14.4. The number of morpholine rings is 1. The summed E-state index contributed by atoms with van der Waals surface area (Å²) in [7, 11) is -8.86. The number of ether oxygens (including phenoxy) is 3. The number of benzene rings is 5. The minimum Gasteiger partial charge on any atom is -0.380 e. The molecule has 0 bridgehead atoms. The van der Waals surface area contributed by atoms with Gasteiger partial charge < -0.3 is 55.3 Å². The Morgan fingerprint density at radius 2 is 1.49 bits per heavy atom. The lowest BCUT2D eigenvalue weighted by Gasteiger charge is -2.42. The summed E-state index contributed by atoms with van der Waals surface area (Å²) in [6.07, 6.45) is 2.37. The summed E-state index contributed by atoms with van der Waals surface area (Å²) in [5.74, 6) is -1.02. The van der Waals surface area contributed by atoms with Gasteiger partial charge in [-0.3, -0.25) is 29.0 Å². The van der Waals surface area contributed by atoms with E-state index in [4.69, 9.17) is 25.8 Å². The number of aliphatic hydroxyl groups is 1. The molecule has 10 rings (SSSR count). The normalized spacial score (nSPS) is 18.9. The third-order valence-corrected chi connectivity index (χ3v) is 25.9. The van der Waals surface area contributed by atoms with Crippen LogP contribution >= 0.6 is 34.7 Å². The fourth-order valence-electron chi connectivity index (χ4n) is 14.4. The van der Waals surface area contributed by atoms with Crippen LogP contribution in [0.5, 0.6) is 0 Å². The fourth-order valence-corrected chi connectivity index (χ4v) is 18.5. The van der Waals surface area contributed by atoms with E-state index in [1.807, 2.05) is 114 Å². The van der Waals surface area contributed by atoms with Crippen molar-refractivity contribution in [1.82, 2.24) is 45.3 Å². The van der Waals surface area contributed by atoms with E-state index < -0.39 is 76.5 Å². The Labute approximate surface area is 657 Å². The van der Waals surface area contributed by atoms with Crippen LogP contribution in [0.2, 0.25) is 5.02 Å². The molecule has 4 heterocycles. The van der Waals surface area contributed by atoms with E-state index >= 15 is 0 Å². The fraction of sp³-hybridized carbons (Fsp3) is 0.506. The molecular weight excluding hydrogens is 1520 g/mol. The number of carbonyl (C=O) groups excluding carboxylic acids is 4. The van der Waals surface area contributed by atoms with Crippen LogP contribution in [0.4, 0.5) is 24.5 Å². The highest BCUT2D eigenvalue weighted by atomic mass is 35.5. The quantitative estimate of drug-likeness (QED) is 0.0123. The van der Waals surface area contributed by atoms with Crippen LogP contribution in [0.25, 0.3) is 16.0 Å². The first-order valence-corrected chi connectivity index (χ1v) is 42.5. The second-order valence-corrected chi connectivity index (χ2v) is 36.1. The SMILES string of the molecule is Cc1ncsc1-c1ccc([C@H](C)NC(=O)[C@@H]2CCCN2C(=O)[C@@H](NC(=O)COCCOCC(=O)NCCN(C)CC2(C)CCC(c3ccc(Cl)cc3)=C(CN3CCN(c4ccc(C(O)NS(=O)(=O)c5ccc(NC(CCN6CCOCC6)CSc6ccccc6)c(S(=O)(=O)C(F)(F)F)c5)cc4)CC3)C2)C(C)(C)C)cc1. The molecule has 598 valence electrons. The Hall–Kier alpha value is -7.04. The summed E-state index contributed by atoms with van der Waals surface area (Å²) in [6.45, 7) is 19.9. The average molecular weight is 1620 g/mol. The number of rotatable bonds is 35. The van der Waals surface area contributed by atoms with E-state index in [0.29, 0.717) is 102 Å². The maximum Gasteiger partial charge on any atom is 0.501 e. The summed E-state index contributed by atoms with van der Waals surface area (Å²) in [5.41, 5.74) is 2.56. The molecule has 0 saturated carbocycles. The molecule has 0 spiro atoms. The average Bonchev–Trinajstić information content (AvgIpc) is 0.877. The van der Waals surface area contributed by atoms with Crippen LogP contribution in [0.1, 0.15) is 108 Å². The molecule has 1 aliphatic carbocycles. The Balaban J connectivity index is 0.653. The number of alkyl halides is 3. The third kappa shape index (κ3) is 23.6. The second kappa shape index (κ2) is 38.7. The first-order valence-electron chi connectivity index (χ1n) is 37.3. The van der Waals surface area contributed by atoms with Gasteiger partial charge in [0.1, 0.15) is 36.4 Å². The Bertz CT molecular complexity index is 4340. The number of likely N-dealkylation sites (tertiary alicyclic amines) is 1. The molecule has 6 aromatic rings. The van der Waals surface area contributed by atoms with Crippen molar-refractivity contribution in [3.05, 3.63) is 160 Å². The number of sulfonamides is 1. The zero-order valence-corrected chi connectivity index (χ0v) is 67.5. The molecule has 0 radical (unpaired) electrons. The molecule has 31 heteroatoms. The lowest BCUT2D eigenvalue weighted by Crippen LogP contribution is -2.58. The van der Waals surface area contributed by atoms with Gasteiger partial charge in [-0.25, -0.2) is 21.8 Å². The predicted octanol–water partition coefficient (Wildman–Crippen LogP) is 10.6. The van der Waals surface area contributed by atoms with Crippen molar-refractivity contribution in [3.8, 4) is 10.4 Å². The van der Waals surface area contributed by atoms with E-state index in [0.717, 1.165) is 95.4 Å². The molecule has 110 heavy (non-hydrogen) atoms. The molecule has 23 nitrogen and oxygen atoms in total. The lowest BCUT2D eigenvalue weighted by molar-refractivity contribution is -0.144. The Kier molecular flexibility index (Phi) is 30.0. The van der Waals surface area contributed by atoms with E-state index in [9.17, 15) is 54.3 Å². The highest BCUT2D eigenvalue weighted by molar-refractivity contribution is 7.99. The molecule has 3 aliphatic heterocycles. The van der Waals surface area contributed by atoms with Gasteiger partial charge >= 0.3 is 5.51 Å². The van der Waals surface area contributed by atoms with Crippen LogP contribution in [0.15, 0.2) is 147 Å². The summed E-state index contributed by atoms with van der Waals surface area (Å²) in [6, 6.07) is 32.0. The van der Waals surface area contributed by atoms with Gasteiger partial charge in [-0.05, 0) is 153 Å². The summed E-state index contributed by atoms with van der Waals surface area (Å²) in [4.78, 5) is 69.0. The lowest BCUT2D eigenvalue weighted by atomic mass is 9.71. The summed E-state index contributed by atoms with van der Waals surface area (Å²) in [5, 5.41) is 23.9. The molecule has 6 atom stereocenters. The van der Waals surface area contributed by atoms with Crippen molar-refractivity contribution >= 4 is 95.1 Å². The van der Waals surface area contributed by atoms with Gasteiger partial charge in [-0.15, -0.1) is 23.1 Å². The molecule has 6 N–H and O–H groups in total. The summed E-state index contributed by atoms with van der Waals surface area (Å²) >= 11 is 9.39. The standard InChI is InChI=1S/C79H103ClF3N11O12S4/c1-54(56-15-17-58(18-16-56)72-55(2)85-53-108-72)86-75(98)68-14-11-33-94(68)76(99)73(77(3,4)5)88-71(96)50-106-45-44-105-49-70(95)84-32-35-90(7)52-78(6)31-29-66(57-19-23-61(80)24-20-57)60(47-78)48-92-36-38-93(39-37-92)63-25-21-59(22-26-63)74(97)89-110(102,103)65-27-28-67(69(46-65)109(100,101)79(81,82)83)87-62(30-34-91-40-42-104-43-41-91)51-107-64-12-9-8-10-13-64/h8-10,12-13,15-28,46,53-54,62,68,73-74,87,89,97H,11,14,29-45,47-52H2,1-7H3,(H,84,95)(H,86,98)(H,88,96)/t54-,62?,68-,73+,74?,78?/m0/s1. The van der Waals surface area contributed by atoms with Crippen LogP contribution in [-0.4, -0.2) is 225 Å². The monoisotopic (exact) mass is 1620 g/mol. The van der Waals surface area contributed by atoms with E-state index in [1.165, 1.54) is 22.9 Å². The number of nitrogens with zero attached hydrogens (tertiary/aromatic N) is 6. The van der Waals surface area contributed by atoms with E-state index in [2.05, 4.69) is 69.6 Å². The van der Waals surface area contributed by atoms with Crippen molar-refractivity contribution in [3.63, 3.8) is 0 Å².